The molecule has 0 atom stereocenters. The van der Waals surface area contributed by atoms with Crippen LogP contribution < -0.4 is 39.9 Å². The largest absolute Gasteiger partial charge is 0.494 e. The number of benzene rings is 4. The number of piperidine rings is 2. The van der Waals surface area contributed by atoms with Crippen molar-refractivity contribution in [1.29, 1.82) is 0 Å². The number of primary amides is 1. The molecular formula is C63H74F3N13O8S. The van der Waals surface area contributed by atoms with Crippen LogP contribution in [0.4, 0.5) is 59.1 Å². The summed E-state index contributed by atoms with van der Waals surface area (Å²) in [5, 5.41) is 10.3. The van der Waals surface area contributed by atoms with Crippen LogP contribution in [0.25, 0.3) is 5.69 Å². The van der Waals surface area contributed by atoms with E-state index in [1.54, 1.807) is 55.6 Å². The number of ether oxygens (including phenoxy) is 2. The zero-order valence-corrected chi connectivity index (χ0v) is 50.9. The van der Waals surface area contributed by atoms with Crippen LogP contribution in [-0.4, -0.2) is 158 Å². The number of fused-ring (bicyclic) bond motifs is 3. The van der Waals surface area contributed by atoms with Crippen molar-refractivity contribution in [3.8, 4) is 17.2 Å². The molecule has 4 N–H and O–H groups in total. The molecule has 88 heavy (non-hydrogen) atoms. The average Bonchev–Trinajstić information content (AvgIpc) is 1.84. The molecule has 3 saturated heterocycles. The Morgan fingerprint density at radius 3 is 2.19 bits per heavy atom. The van der Waals surface area contributed by atoms with E-state index in [9.17, 15) is 40.8 Å². The predicted molar refractivity (Wildman–Crippen MR) is 330 cm³/mol. The number of alkyl halides is 3. The number of anilines is 8. The number of sulfonamides is 1. The second kappa shape index (κ2) is 25.1. The van der Waals surface area contributed by atoms with Gasteiger partial charge in [0.2, 0.25) is 21.9 Å². The van der Waals surface area contributed by atoms with Crippen LogP contribution in [-0.2, 0) is 27.4 Å². The van der Waals surface area contributed by atoms with Gasteiger partial charge < -0.3 is 50.3 Å². The topological polar surface area (TPSA) is 234 Å². The SMILES string of the molecule is CCOc1cc(N2CCC(C(=O)N3CCC(CN4CCN(CCCOc5ccc(Nc6ccc(-n7nc(C(F)(F)F)c8c7CC(C)(C)CC8=O)cc6C(N)=O)cc5)CC4)CC3)CC2)ccc1Nc1ncc2c(n1)N(S(C)(=O)=O)c1ccccc1C(=O)N2C. The summed E-state index contributed by atoms with van der Waals surface area (Å²) in [6.45, 7) is 15.3. The first-order valence-corrected chi connectivity index (χ1v) is 31.8. The van der Waals surface area contributed by atoms with E-state index >= 15 is 0 Å². The summed E-state index contributed by atoms with van der Waals surface area (Å²) in [5.74, 6) is 0.362. The lowest BCUT2D eigenvalue weighted by Crippen LogP contribution is -2.50. The van der Waals surface area contributed by atoms with Crippen LogP contribution in [0.2, 0.25) is 0 Å². The maximum absolute atomic E-state index is 14.1. The van der Waals surface area contributed by atoms with E-state index in [2.05, 4.69) is 45.3 Å². The number of ketones is 1. The summed E-state index contributed by atoms with van der Waals surface area (Å²) >= 11 is 0. The third-order valence-corrected chi connectivity index (χ3v) is 18.3. The highest BCUT2D eigenvalue weighted by Crippen LogP contribution is 2.44. The quantitative estimate of drug-likeness (QED) is 0.0681. The molecule has 4 aliphatic heterocycles. The normalized spacial score (nSPS) is 17.9. The number of aromatic nitrogens is 4. The number of para-hydroxylation sites is 1. The Bertz CT molecular complexity index is 3730. The van der Waals surface area contributed by atoms with Crippen LogP contribution in [0.1, 0.15) is 102 Å². The molecule has 1 aliphatic carbocycles. The molecular weight excluding hydrogens is 1160 g/mol. The molecule has 466 valence electrons. The lowest BCUT2D eigenvalue weighted by molar-refractivity contribution is -0.141. The number of piperazine rings is 1. The van der Waals surface area contributed by atoms with Gasteiger partial charge in [0, 0.05) is 102 Å². The summed E-state index contributed by atoms with van der Waals surface area (Å²) in [7, 11) is -2.38. The molecule has 3 amide bonds. The molecule has 0 unspecified atom stereocenters. The Morgan fingerprint density at radius 2 is 1.50 bits per heavy atom. The average molecular weight is 1230 g/mol. The number of carbonyl (C=O) groups excluding carboxylic acids is 4. The number of amides is 3. The highest BCUT2D eigenvalue weighted by atomic mass is 32.2. The standard InChI is InChI=1S/C63H74F3N13O8S/c1-6-86-54-35-43(14-19-49(54)70-61-68-38-52-58(71-61)79(88(5,84)85)50-11-8-7-10-46(50)60(83)73(52)4)76-27-22-41(23-28-76)59(82)77-25-20-40(21-26-77)39-75-31-29-74(30-32-75)24-9-33-87-45-16-12-42(13-17-45)69-48-18-15-44(34-47(48)57(67)81)78-51-36-62(2,3)37-53(80)55(51)56(72-78)63(64,65)66/h7-8,10-19,34-35,38,40-41,69H,6,9,20-33,36-37,39H2,1-5H3,(H2,67,81)(H,68,70,71). The fraction of sp³-hybridized carbons (Fsp3) is 0.444. The van der Waals surface area contributed by atoms with Gasteiger partial charge in [-0.2, -0.15) is 23.3 Å². The van der Waals surface area contributed by atoms with Crippen molar-refractivity contribution < 1.29 is 50.2 Å². The van der Waals surface area contributed by atoms with E-state index in [0.29, 0.717) is 47.7 Å². The number of hydrogen-bond acceptors (Lipinski definition) is 16. The number of carbonyl (C=O) groups is 4. The lowest BCUT2D eigenvalue weighted by atomic mass is 9.75. The van der Waals surface area contributed by atoms with Crippen molar-refractivity contribution in [2.75, 3.05) is 117 Å². The second-order valence-electron chi connectivity index (χ2n) is 24.2. The fourth-order valence-electron chi connectivity index (χ4n) is 12.7. The summed E-state index contributed by atoms with van der Waals surface area (Å²) in [4.78, 5) is 72.8. The zero-order valence-electron chi connectivity index (χ0n) is 50.1. The van der Waals surface area contributed by atoms with Crippen molar-refractivity contribution in [1.82, 2.24) is 34.4 Å². The van der Waals surface area contributed by atoms with Gasteiger partial charge in [-0.15, -0.1) is 0 Å². The predicted octanol–water partition coefficient (Wildman–Crippen LogP) is 9.05. The molecule has 0 radical (unpaired) electrons. The molecule has 6 aromatic rings. The smallest absolute Gasteiger partial charge is 0.435 e. The minimum Gasteiger partial charge on any atom is -0.494 e. The van der Waals surface area contributed by atoms with Gasteiger partial charge in [0.15, 0.2) is 17.3 Å². The summed E-state index contributed by atoms with van der Waals surface area (Å²) in [5.41, 5.74) is 7.09. The first-order chi connectivity index (χ1) is 42.0. The van der Waals surface area contributed by atoms with E-state index in [1.807, 2.05) is 51.1 Å². The van der Waals surface area contributed by atoms with Crippen LogP contribution >= 0.6 is 0 Å². The number of nitrogens with one attached hydrogen (secondary N) is 2. The van der Waals surface area contributed by atoms with E-state index in [4.69, 9.17) is 15.2 Å². The fourth-order valence-corrected chi connectivity index (χ4v) is 13.7. The van der Waals surface area contributed by atoms with Gasteiger partial charge in [0.1, 0.15) is 17.2 Å². The maximum atomic E-state index is 14.1. The number of hydrogen-bond donors (Lipinski definition) is 3. The number of rotatable bonds is 18. The summed E-state index contributed by atoms with van der Waals surface area (Å²) < 4.78 is 83.2. The molecule has 5 aliphatic rings. The van der Waals surface area contributed by atoms with Crippen molar-refractivity contribution >= 4 is 79.4 Å². The van der Waals surface area contributed by atoms with Crippen LogP contribution in [0.5, 0.6) is 11.5 Å². The third-order valence-electron chi connectivity index (χ3n) is 17.3. The molecule has 21 nitrogen and oxygen atoms in total. The Morgan fingerprint density at radius 1 is 0.807 bits per heavy atom. The van der Waals surface area contributed by atoms with E-state index in [-0.39, 0.29) is 76.2 Å². The van der Waals surface area contributed by atoms with E-state index < -0.39 is 44.6 Å². The lowest BCUT2D eigenvalue weighted by Gasteiger charge is -2.40. The number of nitrogens with two attached hydrogens (primary N) is 1. The Kier molecular flexibility index (Phi) is 17.5. The first-order valence-electron chi connectivity index (χ1n) is 29.9. The van der Waals surface area contributed by atoms with Crippen molar-refractivity contribution in [2.45, 2.75) is 71.9 Å². The molecule has 3 fully saturated rings. The highest BCUT2D eigenvalue weighted by Gasteiger charge is 2.46. The van der Waals surface area contributed by atoms with Gasteiger partial charge in [-0.1, -0.05) is 26.0 Å². The Labute approximate surface area is 510 Å². The summed E-state index contributed by atoms with van der Waals surface area (Å²) in [6, 6.07) is 24.1. The molecule has 25 heteroatoms. The van der Waals surface area contributed by atoms with Gasteiger partial charge in [0.25, 0.3) is 11.8 Å². The number of nitrogens with zero attached hydrogens (tertiary/aromatic N) is 10. The monoisotopic (exact) mass is 1230 g/mol. The minimum absolute atomic E-state index is 0.0334. The third kappa shape index (κ3) is 13.3. The molecule has 11 rings (SSSR count). The minimum atomic E-state index is -4.84. The number of likely N-dealkylation sites (tertiary alicyclic amines) is 1. The van der Waals surface area contributed by atoms with E-state index in [0.717, 1.165) is 118 Å². The molecule has 6 heterocycles. The first kappa shape index (κ1) is 61.4. The van der Waals surface area contributed by atoms with Gasteiger partial charge in [-0.05, 0) is 124 Å². The molecule has 4 aromatic carbocycles. The molecule has 2 aromatic heterocycles. The van der Waals surface area contributed by atoms with Crippen molar-refractivity contribution in [2.24, 2.45) is 23.0 Å². The van der Waals surface area contributed by atoms with Crippen molar-refractivity contribution in [3.63, 3.8) is 0 Å². The van der Waals surface area contributed by atoms with Gasteiger partial charge in [0.05, 0.1) is 70.8 Å². The Balaban J connectivity index is 0.596. The maximum Gasteiger partial charge on any atom is 0.435 e. The Hall–Kier alpha value is -8.29. The highest BCUT2D eigenvalue weighted by molar-refractivity contribution is 7.92. The number of halogens is 3. The van der Waals surface area contributed by atoms with Crippen LogP contribution in [0.3, 0.4) is 0 Å². The number of Topliss-reactive ketones (excluding diaryl/α,β-unsaturated/α-hetero) is 1. The van der Waals surface area contributed by atoms with Gasteiger partial charge >= 0.3 is 6.18 Å². The molecule has 0 spiro atoms. The zero-order chi connectivity index (χ0) is 62.2. The van der Waals surface area contributed by atoms with Crippen LogP contribution in [0.15, 0.2) is 91.1 Å². The van der Waals surface area contributed by atoms with Crippen LogP contribution in [0, 0.1) is 17.3 Å². The molecule has 0 bridgehead atoms. The van der Waals surface area contributed by atoms with Crippen molar-refractivity contribution in [3.05, 3.63) is 119 Å². The van der Waals surface area contributed by atoms with Gasteiger partial charge in [-0.3, -0.25) is 19.2 Å². The second-order valence-corrected chi connectivity index (χ2v) is 26.0. The van der Waals surface area contributed by atoms with Gasteiger partial charge in [-0.25, -0.2) is 22.4 Å². The molecule has 0 saturated carbocycles. The van der Waals surface area contributed by atoms with E-state index in [1.165, 1.54) is 17.2 Å². The summed E-state index contributed by atoms with van der Waals surface area (Å²) in [6.07, 6.45) is 2.15.